The van der Waals surface area contributed by atoms with Gasteiger partial charge in [-0.15, -0.1) is 11.3 Å². The number of nitrogens with one attached hydrogen (secondary N) is 1. The van der Waals surface area contributed by atoms with Crippen molar-refractivity contribution in [2.45, 2.75) is 32.3 Å². The van der Waals surface area contributed by atoms with Gasteiger partial charge in [-0.3, -0.25) is 4.79 Å². The van der Waals surface area contributed by atoms with Gasteiger partial charge in [-0.05, 0) is 37.1 Å². The highest BCUT2D eigenvalue weighted by atomic mass is 32.1. The maximum Gasteiger partial charge on any atom is 0.227 e. The van der Waals surface area contributed by atoms with E-state index in [2.05, 4.69) is 22.4 Å². The van der Waals surface area contributed by atoms with Gasteiger partial charge in [0.05, 0.1) is 6.10 Å². The van der Waals surface area contributed by atoms with Crippen LogP contribution in [0.25, 0.3) is 0 Å². The maximum absolute atomic E-state index is 12.5. The Morgan fingerprint density at radius 3 is 2.38 bits per heavy atom. The summed E-state index contributed by atoms with van der Waals surface area (Å²) in [6.45, 7) is 4.01. The smallest absolute Gasteiger partial charge is 0.227 e. The van der Waals surface area contributed by atoms with E-state index >= 15 is 0 Å². The molecule has 4 nitrogen and oxygen atoms in total. The summed E-state index contributed by atoms with van der Waals surface area (Å²) in [4.78, 5) is 16.6. The van der Waals surface area contributed by atoms with Crippen LogP contribution in [0.2, 0.25) is 0 Å². The van der Waals surface area contributed by atoms with Gasteiger partial charge < -0.3 is 10.1 Å². The third kappa shape index (κ3) is 4.92. The zero-order valence-electron chi connectivity index (χ0n) is 14.9. The molecule has 0 radical (unpaired) electrons. The first-order chi connectivity index (χ1) is 12.6. The number of hydrogen-bond acceptors (Lipinski definition) is 4. The molecule has 1 amide bonds. The van der Waals surface area contributed by atoms with Crippen LogP contribution in [0.3, 0.4) is 0 Å². The second kappa shape index (κ2) is 8.63. The Kier molecular flexibility index (Phi) is 6.02. The quantitative estimate of drug-likeness (QED) is 0.633. The van der Waals surface area contributed by atoms with E-state index < -0.39 is 0 Å². The molecule has 0 fully saturated rings. The molecular weight excluding hydrogens is 344 g/mol. The fourth-order valence-electron chi connectivity index (χ4n) is 2.81. The van der Waals surface area contributed by atoms with E-state index in [-0.39, 0.29) is 17.9 Å². The van der Waals surface area contributed by atoms with E-state index in [9.17, 15) is 4.79 Å². The summed E-state index contributed by atoms with van der Waals surface area (Å²) in [5, 5.41) is 5.35. The van der Waals surface area contributed by atoms with E-state index in [4.69, 9.17) is 4.74 Å². The lowest BCUT2D eigenvalue weighted by molar-refractivity contribution is -0.116. The minimum atomic E-state index is -0.0451. The summed E-state index contributed by atoms with van der Waals surface area (Å²) in [6, 6.07) is 18.1. The average Bonchev–Trinajstić information content (AvgIpc) is 3.14. The molecule has 0 aliphatic heterocycles. The molecule has 0 bridgehead atoms. The number of nitrogens with zero attached hydrogens (tertiary/aromatic N) is 1. The van der Waals surface area contributed by atoms with Crippen molar-refractivity contribution in [1.29, 1.82) is 0 Å². The number of hydrogen-bond donors (Lipinski definition) is 1. The molecule has 1 heterocycles. The van der Waals surface area contributed by atoms with Crippen LogP contribution >= 0.6 is 11.3 Å². The van der Waals surface area contributed by atoms with Crippen LogP contribution in [0, 0.1) is 0 Å². The molecule has 0 saturated carbocycles. The van der Waals surface area contributed by atoms with Crippen molar-refractivity contribution < 1.29 is 9.53 Å². The van der Waals surface area contributed by atoms with Gasteiger partial charge in [0.15, 0.2) is 5.13 Å². The van der Waals surface area contributed by atoms with Gasteiger partial charge >= 0.3 is 0 Å². The number of carbonyl (C=O) groups is 1. The number of carbonyl (C=O) groups excluding carboxylic acids is 1. The summed E-state index contributed by atoms with van der Waals surface area (Å²) >= 11 is 1.42. The number of thiazole rings is 1. The Morgan fingerprint density at radius 2 is 1.77 bits per heavy atom. The van der Waals surface area contributed by atoms with Gasteiger partial charge in [0.1, 0.15) is 5.75 Å². The molecule has 1 aromatic heterocycles. The highest BCUT2D eigenvalue weighted by Gasteiger charge is 2.19. The standard InChI is InChI=1S/C21H22N2O2S/c1-15(2)25-18-10-8-17(9-11-18)19(16-6-4-3-5-7-16)14-20(24)23-21-22-12-13-26-21/h3-13,15,19H,14H2,1-2H3,(H,22,23,24)/t19-/m0/s1. The van der Waals surface area contributed by atoms with Crippen molar-refractivity contribution in [3.8, 4) is 5.75 Å². The molecule has 5 heteroatoms. The molecule has 0 aliphatic carbocycles. The summed E-state index contributed by atoms with van der Waals surface area (Å²) in [6.07, 6.45) is 2.17. The van der Waals surface area contributed by atoms with Crippen molar-refractivity contribution in [1.82, 2.24) is 4.98 Å². The van der Waals surface area contributed by atoms with Gasteiger partial charge in [0.25, 0.3) is 0 Å². The first-order valence-corrected chi connectivity index (χ1v) is 9.50. The lowest BCUT2D eigenvalue weighted by Gasteiger charge is -2.18. The molecule has 2 aromatic carbocycles. The Morgan fingerprint density at radius 1 is 1.08 bits per heavy atom. The van der Waals surface area contributed by atoms with Crippen molar-refractivity contribution in [3.63, 3.8) is 0 Å². The van der Waals surface area contributed by atoms with E-state index in [1.165, 1.54) is 11.3 Å². The van der Waals surface area contributed by atoms with E-state index in [1.807, 2.05) is 61.7 Å². The summed E-state index contributed by atoms with van der Waals surface area (Å²) in [5.74, 6) is 0.767. The lowest BCUT2D eigenvalue weighted by atomic mass is 9.88. The third-order valence-corrected chi connectivity index (χ3v) is 4.61. The van der Waals surface area contributed by atoms with Gasteiger partial charge in [-0.25, -0.2) is 4.98 Å². The van der Waals surface area contributed by atoms with Crippen LogP contribution in [0.5, 0.6) is 5.75 Å². The summed E-state index contributed by atoms with van der Waals surface area (Å²) in [7, 11) is 0. The Balaban J connectivity index is 1.80. The molecular formula is C21H22N2O2S. The molecule has 0 aliphatic rings. The molecule has 134 valence electrons. The second-order valence-corrected chi connectivity index (χ2v) is 7.18. The van der Waals surface area contributed by atoms with Crippen molar-refractivity contribution >= 4 is 22.4 Å². The Labute approximate surface area is 157 Å². The average molecular weight is 366 g/mol. The Hall–Kier alpha value is -2.66. The fraction of sp³-hybridized carbons (Fsp3) is 0.238. The van der Waals surface area contributed by atoms with Gasteiger partial charge in [0.2, 0.25) is 5.91 Å². The fourth-order valence-corrected chi connectivity index (χ4v) is 3.35. The second-order valence-electron chi connectivity index (χ2n) is 6.29. The summed E-state index contributed by atoms with van der Waals surface area (Å²) in [5.41, 5.74) is 2.20. The topological polar surface area (TPSA) is 51.2 Å². The van der Waals surface area contributed by atoms with Gasteiger partial charge in [-0.1, -0.05) is 42.5 Å². The molecule has 1 N–H and O–H groups in total. The number of rotatable bonds is 7. The highest BCUT2D eigenvalue weighted by Crippen LogP contribution is 2.30. The first kappa shape index (κ1) is 18.1. The Bertz CT molecular complexity index is 815. The molecule has 0 saturated heterocycles. The van der Waals surface area contributed by atoms with Crippen LogP contribution in [0.4, 0.5) is 5.13 Å². The number of aromatic nitrogens is 1. The normalized spacial score (nSPS) is 12.0. The van der Waals surface area contributed by atoms with Gasteiger partial charge in [0, 0.05) is 23.9 Å². The van der Waals surface area contributed by atoms with Crippen LogP contribution < -0.4 is 10.1 Å². The SMILES string of the molecule is CC(C)Oc1ccc([C@@H](CC(=O)Nc2nccs2)c2ccccc2)cc1. The minimum Gasteiger partial charge on any atom is -0.491 e. The van der Waals surface area contributed by atoms with E-state index in [0.29, 0.717) is 11.6 Å². The number of amides is 1. The van der Waals surface area contributed by atoms with Crippen molar-refractivity contribution in [2.24, 2.45) is 0 Å². The summed E-state index contributed by atoms with van der Waals surface area (Å²) < 4.78 is 5.72. The highest BCUT2D eigenvalue weighted by molar-refractivity contribution is 7.13. The van der Waals surface area contributed by atoms with Crippen LogP contribution in [-0.2, 0) is 4.79 Å². The van der Waals surface area contributed by atoms with Crippen LogP contribution in [0.1, 0.15) is 37.3 Å². The van der Waals surface area contributed by atoms with E-state index in [0.717, 1.165) is 16.9 Å². The molecule has 26 heavy (non-hydrogen) atoms. The van der Waals surface area contributed by atoms with Gasteiger partial charge in [-0.2, -0.15) is 0 Å². The zero-order valence-corrected chi connectivity index (χ0v) is 15.7. The number of benzene rings is 2. The first-order valence-electron chi connectivity index (χ1n) is 8.62. The lowest BCUT2D eigenvalue weighted by Crippen LogP contribution is -2.16. The molecule has 3 rings (SSSR count). The third-order valence-electron chi connectivity index (χ3n) is 3.92. The molecule has 0 spiro atoms. The monoisotopic (exact) mass is 366 g/mol. The molecule has 1 atom stereocenters. The largest absolute Gasteiger partial charge is 0.491 e. The molecule has 0 unspecified atom stereocenters. The maximum atomic E-state index is 12.5. The zero-order chi connectivity index (χ0) is 18.4. The van der Waals surface area contributed by atoms with Crippen molar-refractivity contribution in [2.75, 3.05) is 5.32 Å². The molecule has 3 aromatic rings. The van der Waals surface area contributed by atoms with Crippen LogP contribution in [-0.4, -0.2) is 17.0 Å². The minimum absolute atomic E-state index is 0.0238. The van der Waals surface area contributed by atoms with E-state index in [1.54, 1.807) is 6.20 Å². The predicted octanol–water partition coefficient (Wildman–Crippen LogP) is 5.09. The number of ether oxygens (including phenoxy) is 1. The predicted molar refractivity (Wildman–Crippen MR) is 106 cm³/mol. The van der Waals surface area contributed by atoms with Crippen LogP contribution in [0.15, 0.2) is 66.2 Å². The van der Waals surface area contributed by atoms with Crippen molar-refractivity contribution in [3.05, 3.63) is 77.3 Å². The number of anilines is 1.